The minimum Gasteiger partial charge on any atom is -0.478 e. The third kappa shape index (κ3) is 2.98. The Morgan fingerprint density at radius 1 is 1.12 bits per heavy atom. The number of carboxylic acids is 1. The van der Waals surface area contributed by atoms with Crippen molar-refractivity contribution in [1.29, 1.82) is 0 Å². The van der Waals surface area contributed by atoms with E-state index in [1.807, 2.05) is 19.1 Å². The van der Waals surface area contributed by atoms with Gasteiger partial charge in [-0.15, -0.1) is 0 Å². The molecule has 2 amide bonds. The Labute approximate surface area is 142 Å². The molecule has 0 aromatic heterocycles. The number of hydrogen-bond acceptors (Lipinski definition) is 5. The van der Waals surface area contributed by atoms with E-state index in [1.54, 1.807) is 24.3 Å². The minimum absolute atomic E-state index is 0.156. The zero-order valence-electron chi connectivity index (χ0n) is 12.7. The molecule has 0 radical (unpaired) electrons. The predicted molar refractivity (Wildman–Crippen MR) is 92.5 cm³/mol. The molecule has 0 unspecified atom stereocenters. The Morgan fingerprint density at radius 2 is 1.79 bits per heavy atom. The van der Waals surface area contributed by atoms with E-state index in [-0.39, 0.29) is 16.7 Å². The van der Waals surface area contributed by atoms with E-state index in [2.05, 4.69) is 5.32 Å². The summed E-state index contributed by atoms with van der Waals surface area (Å²) in [6.45, 7) is 1.84. The maximum atomic E-state index is 12.6. The van der Waals surface area contributed by atoms with Crippen molar-refractivity contribution in [3.05, 3.63) is 59.7 Å². The highest BCUT2D eigenvalue weighted by Crippen LogP contribution is 2.33. The van der Waals surface area contributed by atoms with Gasteiger partial charge in [0.05, 0.1) is 11.3 Å². The fourth-order valence-corrected chi connectivity index (χ4v) is 3.29. The monoisotopic (exact) mass is 342 g/mol. The van der Waals surface area contributed by atoms with E-state index in [0.717, 1.165) is 17.3 Å². The van der Waals surface area contributed by atoms with Crippen LogP contribution in [0.4, 0.5) is 16.2 Å². The second-order valence-electron chi connectivity index (χ2n) is 5.25. The standard InChI is InChI=1S/C17H14N2O4S/c1-10-4-2-3-5-13(10)19-15(20)14(24-17(19)23)18-12-8-6-11(7-9-12)16(21)22/h2-9,14,18H,1H3,(H,21,22)/t14-/m1/s1. The molecule has 2 N–H and O–H groups in total. The topological polar surface area (TPSA) is 86.7 Å². The largest absolute Gasteiger partial charge is 0.478 e. The van der Waals surface area contributed by atoms with Gasteiger partial charge in [-0.1, -0.05) is 18.2 Å². The SMILES string of the molecule is Cc1ccccc1N1C(=O)S[C@@H](Nc2ccc(C(=O)O)cc2)C1=O. The number of rotatable bonds is 4. The number of para-hydroxylation sites is 1. The number of nitrogens with one attached hydrogen (secondary N) is 1. The number of benzene rings is 2. The molecule has 1 aliphatic heterocycles. The third-order valence-electron chi connectivity index (χ3n) is 3.63. The van der Waals surface area contributed by atoms with Crippen molar-refractivity contribution >= 4 is 40.3 Å². The maximum absolute atomic E-state index is 12.6. The van der Waals surface area contributed by atoms with Gasteiger partial charge in [-0.2, -0.15) is 0 Å². The van der Waals surface area contributed by atoms with Crippen LogP contribution in [0.1, 0.15) is 15.9 Å². The summed E-state index contributed by atoms with van der Waals surface area (Å²) in [4.78, 5) is 36.8. The molecular weight excluding hydrogens is 328 g/mol. The molecule has 7 heteroatoms. The average molecular weight is 342 g/mol. The Balaban J connectivity index is 1.79. The lowest BCUT2D eigenvalue weighted by Gasteiger charge is -2.16. The van der Waals surface area contributed by atoms with E-state index in [9.17, 15) is 14.4 Å². The second-order valence-corrected chi connectivity index (χ2v) is 6.31. The number of carbonyl (C=O) groups is 3. The van der Waals surface area contributed by atoms with Crippen LogP contribution in [0, 0.1) is 6.92 Å². The molecule has 0 saturated carbocycles. The van der Waals surface area contributed by atoms with Crippen LogP contribution in [-0.4, -0.2) is 27.6 Å². The van der Waals surface area contributed by atoms with Crippen LogP contribution in [0.15, 0.2) is 48.5 Å². The molecule has 122 valence electrons. The first kappa shape index (κ1) is 16.1. The van der Waals surface area contributed by atoms with Crippen molar-refractivity contribution in [1.82, 2.24) is 0 Å². The first-order valence-corrected chi connectivity index (χ1v) is 8.05. The summed E-state index contributed by atoms with van der Waals surface area (Å²) >= 11 is 0.901. The van der Waals surface area contributed by atoms with Crippen molar-refractivity contribution in [2.24, 2.45) is 0 Å². The van der Waals surface area contributed by atoms with Gasteiger partial charge in [0.25, 0.3) is 11.1 Å². The molecule has 6 nitrogen and oxygen atoms in total. The van der Waals surface area contributed by atoms with Crippen LogP contribution in [0.5, 0.6) is 0 Å². The Hall–Kier alpha value is -2.80. The average Bonchev–Trinajstić information content (AvgIpc) is 2.83. The van der Waals surface area contributed by atoms with Crippen LogP contribution in [0.25, 0.3) is 0 Å². The van der Waals surface area contributed by atoms with E-state index in [0.29, 0.717) is 11.4 Å². The molecule has 24 heavy (non-hydrogen) atoms. The van der Waals surface area contributed by atoms with Crippen molar-refractivity contribution < 1.29 is 19.5 Å². The number of imide groups is 1. The molecule has 0 aliphatic carbocycles. The van der Waals surface area contributed by atoms with Crippen LogP contribution in [0.2, 0.25) is 0 Å². The number of carboxylic acid groups (broad SMARTS) is 1. The van der Waals surface area contributed by atoms with Gasteiger partial charge in [0.2, 0.25) is 0 Å². The molecule has 1 aliphatic rings. The highest BCUT2D eigenvalue weighted by molar-refractivity contribution is 8.16. The summed E-state index contributed by atoms with van der Waals surface area (Å²) in [5.74, 6) is -1.37. The van der Waals surface area contributed by atoms with Gasteiger partial charge >= 0.3 is 5.97 Å². The zero-order valence-corrected chi connectivity index (χ0v) is 13.5. The van der Waals surface area contributed by atoms with E-state index in [4.69, 9.17) is 5.11 Å². The van der Waals surface area contributed by atoms with Crippen LogP contribution >= 0.6 is 11.8 Å². The minimum atomic E-state index is -1.02. The highest BCUT2D eigenvalue weighted by atomic mass is 32.2. The molecule has 0 spiro atoms. The zero-order chi connectivity index (χ0) is 17.3. The van der Waals surface area contributed by atoms with Gasteiger partial charge in [0.15, 0.2) is 5.37 Å². The first-order chi connectivity index (χ1) is 11.5. The van der Waals surface area contributed by atoms with E-state index >= 15 is 0 Å². The summed E-state index contributed by atoms with van der Waals surface area (Å²) < 4.78 is 0. The van der Waals surface area contributed by atoms with Crippen LogP contribution in [0.3, 0.4) is 0 Å². The quantitative estimate of drug-likeness (QED) is 0.886. The predicted octanol–water partition coefficient (Wildman–Crippen LogP) is 3.33. The number of thioether (sulfide) groups is 1. The van der Waals surface area contributed by atoms with E-state index in [1.165, 1.54) is 17.0 Å². The summed E-state index contributed by atoms with van der Waals surface area (Å²) in [5.41, 5.74) is 2.14. The van der Waals surface area contributed by atoms with Gasteiger partial charge in [-0.3, -0.25) is 9.59 Å². The lowest BCUT2D eigenvalue weighted by atomic mass is 10.2. The maximum Gasteiger partial charge on any atom is 0.335 e. The normalized spacial score (nSPS) is 17.2. The van der Waals surface area contributed by atoms with Crippen LogP contribution < -0.4 is 10.2 Å². The molecule has 1 saturated heterocycles. The highest BCUT2D eigenvalue weighted by Gasteiger charge is 2.41. The molecule has 2 aromatic rings. The van der Waals surface area contributed by atoms with Gasteiger partial charge in [-0.05, 0) is 54.6 Å². The number of aryl methyl sites for hydroxylation is 1. The summed E-state index contributed by atoms with van der Waals surface area (Å²) in [6, 6.07) is 13.2. The molecular formula is C17H14N2O4S. The Bertz CT molecular complexity index is 820. The first-order valence-electron chi connectivity index (χ1n) is 7.17. The van der Waals surface area contributed by atoms with Crippen molar-refractivity contribution in [2.45, 2.75) is 12.3 Å². The van der Waals surface area contributed by atoms with Crippen molar-refractivity contribution in [2.75, 3.05) is 10.2 Å². The molecule has 2 aromatic carbocycles. The number of anilines is 2. The van der Waals surface area contributed by atoms with Crippen LogP contribution in [-0.2, 0) is 4.79 Å². The Kier molecular flexibility index (Phi) is 4.26. The lowest BCUT2D eigenvalue weighted by molar-refractivity contribution is -0.116. The molecule has 1 heterocycles. The van der Waals surface area contributed by atoms with Gasteiger partial charge in [0.1, 0.15) is 0 Å². The van der Waals surface area contributed by atoms with Gasteiger partial charge in [0, 0.05) is 5.69 Å². The third-order valence-corrected chi connectivity index (χ3v) is 4.57. The lowest BCUT2D eigenvalue weighted by Crippen LogP contribution is -2.34. The number of amides is 2. The number of carbonyl (C=O) groups excluding carboxylic acids is 2. The fourth-order valence-electron chi connectivity index (χ4n) is 2.39. The smallest absolute Gasteiger partial charge is 0.335 e. The summed E-state index contributed by atoms with van der Waals surface area (Å²) in [5, 5.41) is 10.8. The Morgan fingerprint density at radius 3 is 2.42 bits per heavy atom. The van der Waals surface area contributed by atoms with Gasteiger partial charge in [-0.25, -0.2) is 9.69 Å². The fraction of sp³-hybridized carbons (Fsp3) is 0.118. The molecule has 1 fully saturated rings. The molecule has 1 atom stereocenters. The number of hydrogen-bond donors (Lipinski definition) is 2. The number of aromatic carboxylic acids is 1. The van der Waals surface area contributed by atoms with Gasteiger partial charge < -0.3 is 10.4 Å². The summed E-state index contributed by atoms with van der Waals surface area (Å²) in [6.07, 6.45) is 0. The molecule has 0 bridgehead atoms. The number of nitrogens with zero attached hydrogens (tertiary/aromatic N) is 1. The van der Waals surface area contributed by atoms with Crippen molar-refractivity contribution in [3.8, 4) is 0 Å². The second kappa shape index (κ2) is 6.37. The molecule has 3 rings (SSSR count). The summed E-state index contributed by atoms with van der Waals surface area (Å²) in [7, 11) is 0. The van der Waals surface area contributed by atoms with Crippen molar-refractivity contribution in [3.63, 3.8) is 0 Å². The van der Waals surface area contributed by atoms with E-state index < -0.39 is 11.3 Å².